The Hall–Kier alpha value is -2.17. The van der Waals surface area contributed by atoms with Crippen LogP contribution < -0.4 is 5.32 Å². The number of rotatable bonds is 11. The summed E-state index contributed by atoms with van der Waals surface area (Å²) in [6.07, 6.45) is 2.32. The van der Waals surface area contributed by atoms with E-state index in [1.54, 1.807) is 0 Å². The molecule has 0 aliphatic rings. The molecule has 1 rings (SSSR count). The van der Waals surface area contributed by atoms with Gasteiger partial charge in [-0.1, -0.05) is 36.9 Å². The number of quaternary nitrogens is 1. The molecule has 0 heterocycles. The zero-order chi connectivity index (χ0) is 27.6. The predicted molar refractivity (Wildman–Crippen MR) is 117 cm³/mol. The summed E-state index contributed by atoms with van der Waals surface area (Å²) in [5.41, 5.74) is -11.0. The van der Waals surface area contributed by atoms with Crippen molar-refractivity contribution in [3.63, 3.8) is 0 Å². The summed E-state index contributed by atoms with van der Waals surface area (Å²) in [6, 6.07) is 10.6. The molecular formula is C19H27F6N3O5S2. The fourth-order valence-electron chi connectivity index (χ4n) is 2.73. The first kappa shape index (κ1) is 32.8. The number of carbonyl (C=O) groups is 1. The highest BCUT2D eigenvalue weighted by molar-refractivity contribution is 8.13. The van der Waals surface area contributed by atoms with Gasteiger partial charge in [-0.25, -0.2) is 16.8 Å². The van der Waals surface area contributed by atoms with Gasteiger partial charge in [0.05, 0.1) is 19.6 Å². The normalized spacial score (nSPS) is 12.9. The van der Waals surface area contributed by atoms with Crippen LogP contribution in [0, 0.1) is 0 Å². The zero-order valence-electron chi connectivity index (χ0n) is 18.9. The highest BCUT2D eigenvalue weighted by Crippen LogP contribution is 2.36. The molecular weight excluding hydrogens is 528 g/mol. The largest absolute Gasteiger partial charge is 0.480 e. The Balaban J connectivity index is 0.000000691. The third kappa shape index (κ3) is 11.0. The van der Waals surface area contributed by atoms with Gasteiger partial charge < -0.3 is 13.9 Å². The summed E-state index contributed by atoms with van der Waals surface area (Å²) in [5.74, 6) is -0.0841. The lowest BCUT2D eigenvalue weighted by Crippen LogP contribution is -2.48. The van der Waals surface area contributed by atoms with E-state index in [9.17, 15) is 48.0 Å². The van der Waals surface area contributed by atoms with E-state index in [1.165, 1.54) is 11.6 Å². The molecule has 0 aromatic heterocycles. The van der Waals surface area contributed by atoms with E-state index in [4.69, 9.17) is 0 Å². The van der Waals surface area contributed by atoms with Gasteiger partial charge >= 0.3 is 11.0 Å². The van der Waals surface area contributed by atoms with Crippen LogP contribution in [0.5, 0.6) is 0 Å². The van der Waals surface area contributed by atoms with E-state index in [-0.39, 0.29) is 5.91 Å². The van der Waals surface area contributed by atoms with Gasteiger partial charge in [-0.05, 0) is 19.9 Å². The van der Waals surface area contributed by atoms with Gasteiger partial charge in [0, 0.05) is 18.5 Å². The number of amides is 1. The van der Waals surface area contributed by atoms with Gasteiger partial charge in [0.2, 0.25) is 5.91 Å². The molecule has 8 nitrogen and oxygen atoms in total. The van der Waals surface area contributed by atoms with Gasteiger partial charge in [-0.3, -0.25) is 4.79 Å². The van der Waals surface area contributed by atoms with Crippen molar-refractivity contribution in [2.45, 2.75) is 37.8 Å². The van der Waals surface area contributed by atoms with Crippen LogP contribution in [-0.2, 0) is 31.4 Å². The van der Waals surface area contributed by atoms with E-state index in [0.717, 1.165) is 47.8 Å². The number of nitrogens with one attached hydrogen (secondary N) is 1. The molecule has 35 heavy (non-hydrogen) atoms. The van der Waals surface area contributed by atoms with Crippen molar-refractivity contribution in [2.75, 3.05) is 26.2 Å². The number of benzene rings is 1. The van der Waals surface area contributed by atoms with Crippen LogP contribution in [0.4, 0.5) is 26.3 Å². The van der Waals surface area contributed by atoms with E-state index in [2.05, 4.69) is 56.1 Å². The van der Waals surface area contributed by atoms with Crippen LogP contribution in [0.15, 0.2) is 43.0 Å². The van der Waals surface area contributed by atoms with Crippen molar-refractivity contribution in [2.24, 2.45) is 0 Å². The van der Waals surface area contributed by atoms with E-state index in [0.29, 0.717) is 0 Å². The number of halogens is 6. The minimum Gasteiger partial charge on any atom is -0.421 e. The minimum absolute atomic E-state index is 0.0841. The molecule has 16 heteroatoms. The predicted octanol–water partition coefficient (Wildman–Crippen LogP) is 3.79. The van der Waals surface area contributed by atoms with E-state index < -0.39 is 31.1 Å². The van der Waals surface area contributed by atoms with Crippen molar-refractivity contribution in [3.8, 4) is 0 Å². The molecule has 0 aliphatic carbocycles. The monoisotopic (exact) mass is 555 g/mol. The molecule has 0 saturated heterocycles. The zero-order valence-corrected chi connectivity index (χ0v) is 20.6. The fraction of sp³-hybridized carbons (Fsp3) is 0.526. The van der Waals surface area contributed by atoms with Crippen LogP contribution in [0.1, 0.15) is 25.8 Å². The molecule has 0 atom stereocenters. The molecule has 1 N–H and O–H groups in total. The Kier molecular flexibility index (Phi) is 12.4. The Morgan fingerprint density at radius 2 is 1.43 bits per heavy atom. The Bertz CT molecular complexity index is 981. The lowest BCUT2D eigenvalue weighted by molar-refractivity contribution is -0.937. The van der Waals surface area contributed by atoms with E-state index in [1.807, 2.05) is 0 Å². The van der Waals surface area contributed by atoms with Crippen LogP contribution in [0.25, 0.3) is 4.13 Å². The summed E-state index contributed by atoms with van der Waals surface area (Å²) in [4.78, 5) is 11.1. The van der Waals surface area contributed by atoms with Gasteiger partial charge in [0.15, 0.2) is 20.0 Å². The topological polar surface area (TPSA) is 111 Å². The summed E-state index contributed by atoms with van der Waals surface area (Å²) in [6.45, 7) is 13.0. The Morgan fingerprint density at radius 3 is 1.80 bits per heavy atom. The molecule has 0 spiro atoms. The smallest absolute Gasteiger partial charge is 0.421 e. The second-order valence-electron chi connectivity index (χ2n) is 7.11. The van der Waals surface area contributed by atoms with Crippen LogP contribution >= 0.6 is 0 Å². The highest BCUT2D eigenvalue weighted by Gasteiger charge is 2.46. The van der Waals surface area contributed by atoms with Crippen LogP contribution in [0.2, 0.25) is 0 Å². The average Bonchev–Trinajstić information content (AvgIpc) is 2.74. The maximum Gasteiger partial charge on any atom is 0.480 e. The molecule has 0 unspecified atom stereocenters. The summed E-state index contributed by atoms with van der Waals surface area (Å²) < 4.78 is 110. The highest BCUT2D eigenvalue weighted by atomic mass is 32.3. The van der Waals surface area contributed by atoms with Crippen molar-refractivity contribution in [1.82, 2.24) is 5.32 Å². The van der Waals surface area contributed by atoms with Crippen molar-refractivity contribution in [1.29, 1.82) is 0 Å². The molecule has 0 fully saturated rings. The summed E-state index contributed by atoms with van der Waals surface area (Å²) in [5, 5.41) is 2.85. The maximum atomic E-state index is 11.4. The Morgan fingerprint density at radius 1 is 0.971 bits per heavy atom. The SMILES string of the molecule is C=CC(=O)NCCC[N+](CC)(CC)Cc1ccccc1.O=S(=O)([N-]S(=O)(=O)C(F)(F)F)C(F)(F)F. The molecule has 0 bridgehead atoms. The van der Waals surface area contributed by atoms with Crippen molar-refractivity contribution >= 4 is 26.0 Å². The first-order chi connectivity index (χ1) is 15.9. The second-order valence-corrected chi connectivity index (χ2v) is 10.5. The Labute approximate surface area is 200 Å². The molecule has 1 aromatic carbocycles. The summed E-state index contributed by atoms with van der Waals surface area (Å²) in [7, 11) is -13.4. The number of sulfonamides is 2. The molecule has 0 aliphatic heterocycles. The maximum absolute atomic E-state index is 11.4. The lowest BCUT2D eigenvalue weighted by atomic mass is 10.1. The van der Waals surface area contributed by atoms with E-state index >= 15 is 0 Å². The molecule has 1 aromatic rings. The van der Waals surface area contributed by atoms with Gasteiger partial charge in [-0.2, -0.15) is 26.3 Å². The van der Waals surface area contributed by atoms with Gasteiger partial charge in [0.1, 0.15) is 6.54 Å². The van der Waals surface area contributed by atoms with Gasteiger partial charge in [-0.15, -0.1) is 0 Å². The van der Waals surface area contributed by atoms with Crippen LogP contribution in [0.3, 0.4) is 0 Å². The first-order valence-electron chi connectivity index (χ1n) is 10.0. The first-order valence-corrected chi connectivity index (χ1v) is 12.9. The fourth-order valence-corrected chi connectivity index (χ4v) is 4.43. The molecule has 202 valence electrons. The number of hydrogen-bond acceptors (Lipinski definition) is 5. The third-order valence-corrected chi connectivity index (χ3v) is 7.52. The van der Waals surface area contributed by atoms with Crippen LogP contribution in [-0.4, -0.2) is 64.4 Å². The molecule has 0 saturated carbocycles. The quantitative estimate of drug-likeness (QED) is 0.193. The van der Waals surface area contributed by atoms with Crippen molar-refractivity contribution in [3.05, 3.63) is 52.7 Å². The average molecular weight is 556 g/mol. The molecule has 0 radical (unpaired) electrons. The van der Waals surface area contributed by atoms with Gasteiger partial charge in [0.25, 0.3) is 0 Å². The van der Waals surface area contributed by atoms with Crippen molar-refractivity contribution < 1.29 is 52.5 Å². The molecule has 1 amide bonds. The number of hydrogen-bond donors (Lipinski definition) is 1. The minimum atomic E-state index is -6.72. The second kappa shape index (κ2) is 13.2. The third-order valence-electron chi connectivity index (χ3n) is 4.78. The number of carbonyl (C=O) groups excluding carboxylic acids is 1. The summed E-state index contributed by atoms with van der Waals surface area (Å²) >= 11 is 0. The lowest BCUT2D eigenvalue weighted by Gasteiger charge is -2.37. The number of nitrogens with zero attached hydrogens (tertiary/aromatic N) is 2. The standard InChI is InChI=1S/C17H26N2O.C2F6NO4S2/c1-4-17(20)18-13-10-14-19(5-2,6-3)15-16-11-8-7-9-12-16;3-1(4,5)14(10,11)9-15(12,13)2(6,7)8/h4,7-9,11-12H,1,5-6,10,13-15H2,2-3H3;/q;-1/p+1. The number of alkyl halides is 6.